The number of piperazine rings is 1. The Morgan fingerprint density at radius 3 is 2.42 bits per heavy atom. The first-order valence-corrected chi connectivity index (χ1v) is 10.6. The lowest BCUT2D eigenvalue weighted by Crippen LogP contribution is -2.54. The van der Waals surface area contributed by atoms with Crippen molar-refractivity contribution < 1.29 is 13.2 Å². The molecule has 1 aliphatic heterocycles. The second-order valence-electron chi connectivity index (χ2n) is 6.21. The maximum absolute atomic E-state index is 12.4. The first kappa shape index (κ1) is 21.2. The Morgan fingerprint density at radius 1 is 1.21 bits per heavy atom. The van der Waals surface area contributed by atoms with E-state index >= 15 is 0 Å². The SMILES string of the molecule is CCCCN=C(NCC)N1CCN(S(=O)(=O)CCOC(C)C)CC1. The summed E-state index contributed by atoms with van der Waals surface area (Å²) in [5, 5.41) is 3.30. The minimum Gasteiger partial charge on any atom is -0.378 e. The number of aliphatic imine (C=N–C) groups is 1. The van der Waals surface area contributed by atoms with E-state index in [0.29, 0.717) is 26.2 Å². The third-order valence-electron chi connectivity index (χ3n) is 3.83. The van der Waals surface area contributed by atoms with E-state index < -0.39 is 10.0 Å². The minimum absolute atomic E-state index is 0.0514. The van der Waals surface area contributed by atoms with Gasteiger partial charge in [-0.15, -0.1) is 0 Å². The van der Waals surface area contributed by atoms with Crippen LogP contribution in [-0.2, 0) is 14.8 Å². The number of hydrogen-bond acceptors (Lipinski definition) is 4. The van der Waals surface area contributed by atoms with Gasteiger partial charge in [-0.25, -0.2) is 8.42 Å². The number of nitrogens with zero attached hydrogens (tertiary/aromatic N) is 3. The van der Waals surface area contributed by atoms with Crippen LogP contribution in [0.15, 0.2) is 4.99 Å². The highest BCUT2D eigenvalue weighted by Crippen LogP contribution is 2.09. The van der Waals surface area contributed by atoms with E-state index in [1.165, 1.54) is 0 Å². The normalized spacial score (nSPS) is 17.5. The van der Waals surface area contributed by atoms with E-state index in [2.05, 4.69) is 22.1 Å². The fourth-order valence-corrected chi connectivity index (χ4v) is 3.75. The van der Waals surface area contributed by atoms with Crippen LogP contribution in [0.3, 0.4) is 0 Å². The average molecular weight is 363 g/mol. The number of hydrogen-bond donors (Lipinski definition) is 1. The summed E-state index contributed by atoms with van der Waals surface area (Å²) in [7, 11) is -3.24. The monoisotopic (exact) mass is 362 g/mol. The molecule has 0 aromatic heterocycles. The van der Waals surface area contributed by atoms with Gasteiger partial charge in [0.2, 0.25) is 10.0 Å². The Morgan fingerprint density at radius 2 is 1.88 bits per heavy atom. The van der Waals surface area contributed by atoms with E-state index in [1.54, 1.807) is 4.31 Å². The summed E-state index contributed by atoms with van der Waals surface area (Å²) in [5.41, 5.74) is 0. The van der Waals surface area contributed by atoms with Crippen molar-refractivity contribution in [1.82, 2.24) is 14.5 Å². The quantitative estimate of drug-likeness (QED) is 0.378. The van der Waals surface area contributed by atoms with Crippen LogP contribution in [0.5, 0.6) is 0 Å². The van der Waals surface area contributed by atoms with Crippen LogP contribution in [0, 0.1) is 0 Å². The zero-order valence-electron chi connectivity index (χ0n) is 15.6. The van der Waals surface area contributed by atoms with Crippen LogP contribution in [0.1, 0.15) is 40.5 Å². The van der Waals surface area contributed by atoms with Gasteiger partial charge in [0, 0.05) is 39.3 Å². The lowest BCUT2D eigenvalue weighted by atomic mass is 10.3. The zero-order valence-corrected chi connectivity index (χ0v) is 16.4. The molecule has 1 heterocycles. The predicted octanol–water partition coefficient (Wildman–Crippen LogP) is 1.12. The number of sulfonamides is 1. The minimum atomic E-state index is -3.24. The topological polar surface area (TPSA) is 74.2 Å². The molecule has 0 aliphatic carbocycles. The van der Waals surface area contributed by atoms with Crippen molar-refractivity contribution in [2.75, 3.05) is 51.6 Å². The molecule has 0 aromatic rings. The summed E-state index contributed by atoms with van der Waals surface area (Å²) in [4.78, 5) is 6.78. The molecule has 1 N–H and O–H groups in total. The van der Waals surface area contributed by atoms with E-state index in [0.717, 1.165) is 31.9 Å². The van der Waals surface area contributed by atoms with Crippen molar-refractivity contribution in [2.24, 2.45) is 4.99 Å². The van der Waals surface area contributed by atoms with Crippen LogP contribution in [0.25, 0.3) is 0 Å². The second kappa shape index (κ2) is 10.9. The van der Waals surface area contributed by atoms with Gasteiger partial charge in [0.1, 0.15) is 0 Å². The van der Waals surface area contributed by atoms with Gasteiger partial charge in [-0.05, 0) is 27.2 Å². The van der Waals surface area contributed by atoms with Crippen LogP contribution >= 0.6 is 0 Å². The maximum Gasteiger partial charge on any atom is 0.216 e. The first-order valence-electron chi connectivity index (χ1n) is 9.03. The van der Waals surface area contributed by atoms with Gasteiger partial charge in [0.05, 0.1) is 18.5 Å². The largest absolute Gasteiger partial charge is 0.378 e. The van der Waals surface area contributed by atoms with Gasteiger partial charge >= 0.3 is 0 Å². The molecule has 7 nitrogen and oxygen atoms in total. The Kier molecular flexibility index (Phi) is 9.61. The Hall–Kier alpha value is -0.860. The Labute approximate surface area is 147 Å². The predicted molar refractivity (Wildman–Crippen MR) is 98.9 cm³/mol. The summed E-state index contributed by atoms with van der Waals surface area (Å²) in [6.45, 7) is 12.2. The molecule has 0 bridgehead atoms. The zero-order chi connectivity index (χ0) is 18.0. The van der Waals surface area contributed by atoms with Crippen LogP contribution in [-0.4, -0.2) is 81.3 Å². The first-order chi connectivity index (χ1) is 11.4. The van der Waals surface area contributed by atoms with E-state index in [9.17, 15) is 8.42 Å². The van der Waals surface area contributed by atoms with Gasteiger partial charge in [0.25, 0.3) is 0 Å². The standard InChI is InChI=1S/C16H34N4O3S/c1-5-7-8-18-16(17-6-2)19-9-11-20(12-10-19)24(21,22)14-13-23-15(3)4/h15H,5-14H2,1-4H3,(H,17,18). The smallest absolute Gasteiger partial charge is 0.216 e. The lowest BCUT2D eigenvalue weighted by molar-refractivity contribution is 0.0904. The van der Waals surface area contributed by atoms with E-state index in [1.807, 2.05) is 20.8 Å². The van der Waals surface area contributed by atoms with Gasteiger partial charge in [-0.1, -0.05) is 13.3 Å². The van der Waals surface area contributed by atoms with Crippen LogP contribution in [0.4, 0.5) is 0 Å². The van der Waals surface area contributed by atoms with Gasteiger partial charge in [0.15, 0.2) is 5.96 Å². The highest BCUT2D eigenvalue weighted by Gasteiger charge is 2.27. The summed E-state index contributed by atoms with van der Waals surface area (Å²) in [5.74, 6) is 0.946. The molecule has 0 radical (unpaired) electrons. The average Bonchev–Trinajstić information content (AvgIpc) is 2.54. The summed E-state index contributed by atoms with van der Waals surface area (Å²) in [6, 6.07) is 0. The second-order valence-corrected chi connectivity index (χ2v) is 8.30. The molecule has 142 valence electrons. The number of nitrogens with one attached hydrogen (secondary N) is 1. The molecule has 1 saturated heterocycles. The Bertz CT molecular complexity index is 472. The molecule has 24 heavy (non-hydrogen) atoms. The molecule has 0 atom stereocenters. The maximum atomic E-state index is 12.4. The molecule has 0 spiro atoms. The molecular weight excluding hydrogens is 328 g/mol. The molecule has 0 amide bonds. The van der Waals surface area contributed by atoms with Crippen molar-refractivity contribution in [2.45, 2.75) is 46.6 Å². The third kappa shape index (κ3) is 7.36. The molecule has 0 saturated carbocycles. The molecular formula is C16H34N4O3S. The number of rotatable bonds is 9. The molecule has 1 aliphatic rings. The highest BCUT2D eigenvalue weighted by molar-refractivity contribution is 7.89. The van der Waals surface area contributed by atoms with Gasteiger partial charge in [-0.3, -0.25) is 4.99 Å². The fourth-order valence-electron chi connectivity index (χ4n) is 2.47. The molecule has 1 rings (SSSR count). The summed E-state index contributed by atoms with van der Waals surface area (Å²) < 4.78 is 31.7. The van der Waals surface area contributed by atoms with Crippen LogP contribution < -0.4 is 5.32 Å². The van der Waals surface area contributed by atoms with Crippen molar-refractivity contribution in [3.05, 3.63) is 0 Å². The molecule has 0 aromatic carbocycles. The number of guanidine groups is 1. The van der Waals surface area contributed by atoms with Gasteiger partial charge < -0.3 is 15.0 Å². The molecule has 1 fully saturated rings. The number of unbranched alkanes of at least 4 members (excludes halogenated alkanes) is 1. The van der Waals surface area contributed by atoms with E-state index in [4.69, 9.17) is 4.74 Å². The van der Waals surface area contributed by atoms with Crippen molar-refractivity contribution in [3.63, 3.8) is 0 Å². The molecule has 8 heteroatoms. The summed E-state index contributed by atoms with van der Waals surface area (Å²) >= 11 is 0. The summed E-state index contributed by atoms with van der Waals surface area (Å²) in [6.07, 6.45) is 2.24. The van der Waals surface area contributed by atoms with Crippen molar-refractivity contribution >= 4 is 16.0 Å². The number of ether oxygens (including phenoxy) is 1. The lowest BCUT2D eigenvalue weighted by Gasteiger charge is -2.35. The van der Waals surface area contributed by atoms with Crippen molar-refractivity contribution in [3.8, 4) is 0 Å². The highest BCUT2D eigenvalue weighted by atomic mass is 32.2. The van der Waals surface area contributed by atoms with Gasteiger partial charge in [-0.2, -0.15) is 4.31 Å². The van der Waals surface area contributed by atoms with Crippen molar-refractivity contribution in [1.29, 1.82) is 0 Å². The Balaban J connectivity index is 2.52. The van der Waals surface area contributed by atoms with E-state index in [-0.39, 0.29) is 18.5 Å². The fraction of sp³-hybridized carbons (Fsp3) is 0.938. The van der Waals surface area contributed by atoms with Crippen LogP contribution in [0.2, 0.25) is 0 Å². The third-order valence-corrected chi connectivity index (χ3v) is 5.67. The molecule has 0 unspecified atom stereocenters.